The maximum atomic E-state index is 12.5. The van der Waals surface area contributed by atoms with Gasteiger partial charge in [-0.05, 0) is 41.8 Å². The molecule has 0 saturated carbocycles. The highest BCUT2D eigenvalue weighted by Gasteiger charge is 2.23. The summed E-state index contributed by atoms with van der Waals surface area (Å²) in [7, 11) is 1.55. The van der Waals surface area contributed by atoms with Crippen LogP contribution in [0.4, 0.5) is 0 Å². The predicted octanol–water partition coefficient (Wildman–Crippen LogP) is 3.79. The largest absolute Gasteiger partial charge is 0.497 e. The average molecular weight is 411 g/mol. The summed E-state index contributed by atoms with van der Waals surface area (Å²) in [6.07, 6.45) is 2.09. The molecule has 1 aromatic heterocycles. The summed E-state index contributed by atoms with van der Waals surface area (Å²) >= 11 is 0. The van der Waals surface area contributed by atoms with E-state index in [2.05, 4.69) is 12.2 Å². The first-order chi connectivity index (χ1) is 14.5. The predicted molar refractivity (Wildman–Crippen MR) is 112 cm³/mol. The van der Waals surface area contributed by atoms with Crippen molar-refractivity contribution in [2.75, 3.05) is 13.7 Å². The third-order valence-corrected chi connectivity index (χ3v) is 4.67. The second kappa shape index (κ2) is 9.93. The van der Waals surface area contributed by atoms with Crippen LogP contribution in [-0.4, -0.2) is 36.7 Å². The molecule has 0 saturated heterocycles. The lowest BCUT2D eigenvalue weighted by Gasteiger charge is -2.14. The normalized spacial score (nSPS) is 11.9. The Morgan fingerprint density at radius 3 is 2.50 bits per heavy atom. The molecule has 30 heavy (non-hydrogen) atoms. The summed E-state index contributed by atoms with van der Waals surface area (Å²) in [5.74, 6) is -1.14. The lowest BCUT2D eigenvalue weighted by atomic mass is 10.1. The SMILES string of the molecule is CCCc1ccc(COC[C@H](NC(=O)c2cc3cc(OC)ccc3o2)C(=O)O)cc1. The van der Waals surface area contributed by atoms with Crippen LogP contribution in [0.5, 0.6) is 5.75 Å². The number of carboxylic acid groups (broad SMARTS) is 1. The highest BCUT2D eigenvalue weighted by molar-refractivity contribution is 5.98. The van der Waals surface area contributed by atoms with Crippen molar-refractivity contribution >= 4 is 22.8 Å². The Morgan fingerprint density at radius 1 is 1.10 bits per heavy atom. The van der Waals surface area contributed by atoms with E-state index in [0.29, 0.717) is 16.7 Å². The summed E-state index contributed by atoms with van der Waals surface area (Å²) in [5, 5.41) is 12.6. The van der Waals surface area contributed by atoms with Gasteiger partial charge >= 0.3 is 5.97 Å². The molecule has 1 amide bonds. The number of hydrogen-bond donors (Lipinski definition) is 2. The van der Waals surface area contributed by atoms with E-state index in [-0.39, 0.29) is 19.0 Å². The van der Waals surface area contributed by atoms with Crippen LogP contribution in [0.25, 0.3) is 11.0 Å². The quantitative estimate of drug-likeness (QED) is 0.527. The topological polar surface area (TPSA) is 98.0 Å². The van der Waals surface area contributed by atoms with Gasteiger partial charge in [0.2, 0.25) is 0 Å². The molecular weight excluding hydrogens is 386 g/mol. The molecule has 0 aliphatic carbocycles. The van der Waals surface area contributed by atoms with Crippen LogP contribution in [0.1, 0.15) is 35.0 Å². The monoisotopic (exact) mass is 411 g/mol. The molecule has 2 aromatic carbocycles. The van der Waals surface area contributed by atoms with Gasteiger partial charge in [-0.1, -0.05) is 37.6 Å². The van der Waals surface area contributed by atoms with E-state index in [9.17, 15) is 14.7 Å². The summed E-state index contributed by atoms with van der Waals surface area (Å²) in [5.41, 5.74) is 2.70. The lowest BCUT2D eigenvalue weighted by molar-refractivity contribution is -0.141. The summed E-state index contributed by atoms with van der Waals surface area (Å²) in [4.78, 5) is 24.0. The third-order valence-electron chi connectivity index (χ3n) is 4.67. The summed E-state index contributed by atoms with van der Waals surface area (Å²) in [6.45, 7) is 2.22. The van der Waals surface area contributed by atoms with Crippen molar-refractivity contribution in [3.63, 3.8) is 0 Å². The number of hydrogen-bond acceptors (Lipinski definition) is 5. The van der Waals surface area contributed by atoms with Crippen LogP contribution in [0.15, 0.2) is 52.9 Å². The molecule has 158 valence electrons. The van der Waals surface area contributed by atoms with Crippen LogP contribution in [-0.2, 0) is 22.6 Å². The molecule has 0 unspecified atom stereocenters. The molecule has 1 heterocycles. The number of fused-ring (bicyclic) bond motifs is 1. The molecule has 0 bridgehead atoms. The van der Waals surface area contributed by atoms with Gasteiger partial charge in [-0.2, -0.15) is 0 Å². The standard InChI is InChI=1S/C23H25NO6/c1-3-4-15-5-7-16(8-6-15)13-29-14-19(23(26)27)24-22(25)21-12-17-11-18(28-2)9-10-20(17)30-21/h5-12,19H,3-4,13-14H2,1-2H3,(H,24,25)(H,26,27)/t19-/m0/s1. The molecule has 2 N–H and O–H groups in total. The van der Waals surface area contributed by atoms with Crippen molar-refractivity contribution in [2.24, 2.45) is 0 Å². The number of furan rings is 1. The highest BCUT2D eigenvalue weighted by atomic mass is 16.5. The number of aryl methyl sites for hydroxylation is 1. The van der Waals surface area contributed by atoms with E-state index in [1.165, 1.54) is 5.56 Å². The number of carbonyl (C=O) groups is 2. The Morgan fingerprint density at radius 2 is 1.83 bits per heavy atom. The van der Waals surface area contributed by atoms with Crippen molar-refractivity contribution in [2.45, 2.75) is 32.4 Å². The Balaban J connectivity index is 1.58. The molecule has 0 radical (unpaired) electrons. The maximum Gasteiger partial charge on any atom is 0.328 e. The van der Waals surface area contributed by atoms with Crippen LogP contribution in [0.3, 0.4) is 0 Å². The zero-order valence-electron chi connectivity index (χ0n) is 17.0. The zero-order chi connectivity index (χ0) is 21.5. The first-order valence-corrected chi connectivity index (χ1v) is 9.77. The second-order valence-electron chi connectivity index (χ2n) is 6.96. The van der Waals surface area contributed by atoms with Gasteiger partial charge in [0.05, 0.1) is 20.3 Å². The average Bonchev–Trinajstić information content (AvgIpc) is 3.17. The van der Waals surface area contributed by atoms with Crippen LogP contribution >= 0.6 is 0 Å². The van der Waals surface area contributed by atoms with E-state index >= 15 is 0 Å². The number of benzene rings is 2. The third kappa shape index (κ3) is 5.39. The van der Waals surface area contributed by atoms with Crippen LogP contribution in [0, 0.1) is 0 Å². The minimum absolute atomic E-state index is 0.0241. The Labute approximate surface area is 174 Å². The first-order valence-electron chi connectivity index (χ1n) is 9.77. The number of methoxy groups -OCH3 is 1. The molecule has 3 aromatic rings. The number of rotatable bonds is 10. The van der Waals surface area contributed by atoms with Gasteiger partial charge < -0.3 is 24.3 Å². The van der Waals surface area contributed by atoms with Crippen molar-refractivity contribution in [3.05, 3.63) is 65.4 Å². The molecule has 0 spiro atoms. The Bertz CT molecular complexity index is 1010. The minimum Gasteiger partial charge on any atom is -0.497 e. The fourth-order valence-electron chi connectivity index (χ4n) is 3.05. The summed E-state index contributed by atoms with van der Waals surface area (Å²) < 4.78 is 16.2. The van der Waals surface area contributed by atoms with E-state index in [0.717, 1.165) is 18.4 Å². The van der Waals surface area contributed by atoms with Gasteiger partial charge in [0.1, 0.15) is 11.3 Å². The fourth-order valence-corrected chi connectivity index (χ4v) is 3.05. The van der Waals surface area contributed by atoms with Crippen molar-refractivity contribution in [1.82, 2.24) is 5.32 Å². The Hall–Kier alpha value is -3.32. The smallest absolute Gasteiger partial charge is 0.328 e. The molecular formula is C23H25NO6. The van der Waals surface area contributed by atoms with Crippen LogP contribution in [0.2, 0.25) is 0 Å². The van der Waals surface area contributed by atoms with E-state index in [4.69, 9.17) is 13.9 Å². The Kier molecular flexibility index (Phi) is 7.08. The molecule has 1 atom stereocenters. The van der Waals surface area contributed by atoms with Crippen molar-refractivity contribution < 1.29 is 28.6 Å². The number of ether oxygens (including phenoxy) is 2. The minimum atomic E-state index is -1.19. The first kappa shape index (κ1) is 21.4. The molecule has 7 nitrogen and oxygen atoms in total. The van der Waals surface area contributed by atoms with E-state index in [1.54, 1.807) is 31.4 Å². The number of nitrogens with one attached hydrogen (secondary N) is 1. The van der Waals surface area contributed by atoms with Gasteiger partial charge in [0.25, 0.3) is 5.91 Å². The van der Waals surface area contributed by atoms with Gasteiger partial charge in [-0.15, -0.1) is 0 Å². The van der Waals surface area contributed by atoms with E-state index < -0.39 is 17.9 Å². The van der Waals surface area contributed by atoms with Crippen LogP contribution < -0.4 is 10.1 Å². The van der Waals surface area contributed by atoms with Gasteiger partial charge in [-0.3, -0.25) is 4.79 Å². The molecule has 0 fully saturated rings. The summed E-state index contributed by atoms with van der Waals surface area (Å²) in [6, 6.07) is 13.5. The molecule has 7 heteroatoms. The molecule has 0 aliphatic rings. The maximum absolute atomic E-state index is 12.5. The molecule has 0 aliphatic heterocycles. The number of carboxylic acids is 1. The van der Waals surface area contributed by atoms with Crippen molar-refractivity contribution in [3.8, 4) is 5.75 Å². The van der Waals surface area contributed by atoms with Gasteiger partial charge in [-0.25, -0.2) is 4.79 Å². The zero-order valence-corrected chi connectivity index (χ0v) is 17.0. The van der Waals surface area contributed by atoms with Gasteiger partial charge in [0.15, 0.2) is 11.8 Å². The van der Waals surface area contributed by atoms with E-state index in [1.807, 2.05) is 24.3 Å². The van der Waals surface area contributed by atoms with Gasteiger partial charge in [0, 0.05) is 5.39 Å². The fraction of sp³-hybridized carbons (Fsp3) is 0.304. The highest BCUT2D eigenvalue weighted by Crippen LogP contribution is 2.24. The number of aliphatic carboxylic acids is 1. The number of carbonyl (C=O) groups excluding carboxylic acids is 1. The molecule has 3 rings (SSSR count). The van der Waals surface area contributed by atoms with Crippen molar-refractivity contribution in [1.29, 1.82) is 0 Å². The lowest BCUT2D eigenvalue weighted by Crippen LogP contribution is -2.43. The second-order valence-corrected chi connectivity index (χ2v) is 6.96. The number of amides is 1.